The molecule has 0 unspecified atom stereocenters. The number of alkyl halides is 3. The number of aromatic nitrogens is 2. The summed E-state index contributed by atoms with van der Waals surface area (Å²) in [6, 6.07) is 6.29. The normalized spacial score (nSPS) is 22.5. The van der Waals surface area contributed by atoms with Crippen LogP contribution < -0.4 is 10.6 Å². The zero-order chi connectivity index (χ0) is 23.2. The van der Waals surface area contributed by atoms with Crippen molar-refractivity contribution in [2.75, 3.05) is 0 Å². The molecular formula is C23H31F3N4O. The van der Waals surface area contributed by atoms with Gasteiger partial charge in [-0.25, -0.2) is 0 Å². The summed E-state index contributed by atoms with van der Waals surface area (Å²) in [5, 5.41) is 11.1. The van der Waals surface area contributed by atoms with Crippen molar-refractivity contribution < 1.29 is 18.0 Å². The minimum absolute atomic E-state index is 0.123. The van der Waals surface area contributed by atoms with Crippen molar-refractivity contribution in [3.63, 3.8) is 0 Å². The lowest BCUT2D eigenvalue weighted by molar-refractivity contribution is -0.137. The molecule has 1 amide bonds. The predicted octanol–water partition coefficient (Wildman–Crippen LogP) is 4.76. The Balaban J connectivity index is 1.93. The number of hydrogen-bond acceptors (Lipinski definition) is 3. The smallest absolute Gasteiger partial charge is 0.350 e. The number of benzene rings is 1. The van der Waals surface area contributed by atoms with Crippen molar-refractivity contribution in [3.8, 4) is 0 Å². The quantitative estimate of drug-likeness (QED) is 0.730. The third-order valence-electron chi connectivity index (χ3n) is 5.36. The van der Waals surface area contributed by atoms with Crippen LogP contribution in [0.3, 0.4) is 0 Å². The van der Waals surface area contributed by atoms with Crippen LogP contribution in [-0.2, 0) is 16.5 Å². The highest BCUT2D eigenvalue weighted by molar-refractivity contribution is 5.83. The average molecular weight is 437 g/mol. The second-order valence-electron chi connectivity index (χ2n) is 10.3. The van der Waals surface area contributed by atoms with Crippen LogP contribution in [0.25, 0.3) is 0 Å². The lowest BCUT2D eigenvalue weighted by atomic mass is 9.90. The van der Waals surface area contributed by atoms with E-state index in [1.165, 1.54) is 12.1 Å². The second-order valence-corrected chi connectivity index (χ2v) is 10.3. The summed E-state index contributed by atoms with van der Waals surface area (Å²) in [5.74, 6) is -0.266. The molecule has 1 aromatic heterocycles. The van der Waals surface area contributed by atoms with Gasteiger partial charge in [0.1, 0.15) is 0 Å². The Bertz CT molecular complexity index is 920. The van der Waals surface area contributed by atoms with Crippen LogP contribution in [0.15, 0.2) is 36.5 Å². The van der Waals surface area contributed by atoms with Gasteiger partial charge in [0, 0.05) is 23.7 Å². The van der Waals surface area contributed by atoms with Crippen molar-refractivity contribution in [2.24, 2.45) is 0 Å². The van der Waals surface area contributed by atoms with Gasteiger partial charge in [-0.3, -0.25) is 14.8 Å². The van der Waals surface area contributed by atoms with E-state index >= 15 is 0 Å². The van der Waals surface area contributed by atoms with Gasteiger partial charge in [-0.15, -0.1) is 0 Å². The summed E-state index contributed by atoms with van der Waals surface area (Å²) in [6.07, 6.45) is -1.97. The van der Waals surface area contributed by atoms with E-state index in [9.17, 15) is 18.0 Å². The molecule has 0 spiro atoms. The molecule has 8 heteroatoms. The molecule has 170 valence electrons. The van der Waals surface area contributed by atoms with Gasteiger partial charge < -0.3 is 5.32 Å². The van der Waals surface area contributed by atoms with Gasteiger partial charge in [-0.05, 0) is 71.7 Å². The maximum atomic E-state index is 13.0. The first kappa shape index (κ1) is 23.3. The number of carbonyl (C=O) groups excluding carboxylic acids is 1. The van der Waals surface area contributed by atoms with E-state index in [1.54, 1.807) is 0 Å². The van der Waals surface area contributed by atoms with Crippen molar-refractivity contribution >= 4 is 5.91 Å². The van der Waals surface area contributed by atoms with E-state index in [0.29, 0.717) is 12.0 Å². The van der Waals surface area contributed by atoms with Crippen LogP contribution in [0, 0.1) is 0 Å². The molecule has 1 saturated heterocycles. The number of amides is 1. The third-order valence-corrected chi connectivity index (χ3v) is 5.36. The summed E-state index contributed by atoms with van der Waals surface area (Å²) >= 11 is 0. The minimum atomic E-state index is -4.39. The fourth-order valence-corrected chi connectivity index (χ4v) is 3.84. The van der Waals surface area contributed by atoms with Crippen molar-refractivity contribution in [3.05, 3.63) is 53.3 Å². The Kier molecular flexibility index (Phi) is 5.99. The monoisotopic (exact) mass is 436 g/mol. The third kappa shape index (κ3) is 5.47. The number of halogens is 3. The highest BCUT2D eigenvalue weighted by atomic mass is 19.4. The Hall–Kier alpha value is -2.35. The number of nitrogens with one attached hydrogen (secondary N) is 2. The molecule has 1 aromatic carbocycles. The second kappa shape index (κ2) is 7.97. The number of nitrogens with zero attached hydrogens (tertiary/aromatic N) is 2. The Morgan fingerprint density at radius 1 is 1.06 bits per heavy atom. The maximum absolute atomic E-state index is 13.0. The molecule has 3 rings (SSSR count). The van der Waals surface area contributed by atoms with Crippen molar-refractivity contribution in [2.45, 2.75) is 83.2 Å². The molecule has 0 aliphatic carbocycles. The van der Waals surface area contributed by atoms with Crippen LogP contribution in [0.4, 0.5) is 13.2 Å². The molecule has 2 N–H and O–H groups in total. The van der Waals surface area contributed by atoms with Crippen LogP contribution in [0.1, 0.15) is 76.7 Å². The molecule has 1 aliphatic rings. The van der Waals surface area contributed by atoms with Gasteiger partial charge in [0.15, 0.2) is 0 Å². The minimum Gasteiger partial charge on any atom is -0.350 e. The first-order valence-corrected chi connectivity index (χ1v) is 10.5. The number of carbonyl (C=O) groups is 1. The van der Waals surface area contributed by atoms with Gasteiger partial charge >= 0.3 is 6.18 Å². The number of hydrogen-bond donors (Lipinski definition) is 2. The van der Waals surface area contributed by atoms with Gasteiger partial charge in [-0.2, -0.15) is 18.3 Å². The van der Waals surface area contributed by atoms with E-state index in [0.717, 1.165) is 17.8 Å². The van der Waals surface area contributed by atoms with Gasteiger partial charge in [-0.1, -0.05) is 12.1 Å². The lowest BCUT2D eigenvalue weighted by Gasteiger charge is -2.23. The molecule has 0 bridgehead atoms. The van der Waals surface area contributed by atoms with E-state index < -0.39 is 17.8 Å². The summed E-state index contributed by atoms with van der Waals surface area (Å²) in [4.78, 5) is 12.8. The van der Waals surface area contributed by atoms with Gasteiger partial charge in [0.05, 0.1) is 22.8 Å². The first-order chi connectivity index (χ1) is 14.1. The zero-order valence-electron chi connectivity index (χ0n) is 18.8. The summed E-state index contributed by atoms with van der Waals surface area (Å²) in [6.45, 7) is 11.9. The molecular weight excluding hydrogens is 405 g/mol. The average Bonchev–Trinajstić information content (AvgIpc) is 3.26. The van der Waals surface area contributed by atoms with E-state index in [2.05, 4.69) is 10.6 Å². The lowest BCUT2D eigenvalue weighted by Crippen LogP contribution is -2.48. The molecule has 0 radical (unpaired) electrons. The van der Waals surface area contributed by atoms with Crippen molar-refractivity contribution in [1.82, 2.24) is 20.4 Å². The Labute approximate surface area is 181 Å². The molecule has 1 aliphatic heterocycles. The summed E-state index contributed by atoms with van der Waals surface area (Å²) in [5.41, 5.74) is 0.253. The van der Waals surface area contributed by atoms with Gasteiger partial charge in [0.25, 0.3) is 0 Å². The molecule has 5 nitrogen and oxygen atoms in total. The van der Waals surface area contributed by atoms with Crippen LogP contribution in [0.5, 0.6) is 0 Å². The fourth-order valence-electron chi connectivity index (χ4n) is 3.84. The summed E-state index contributed by atoms with van der Waals surface area (Å²) < 4.78 is 40.9. The molecule has 2 aromatic rings. The SMILES string of the molecule is CC(C)(C)NC(=O)[C@@H]1C[C@H](c2ccn(C(C)(C)C)n2)[C@H](c2ccc(C(F)(F)F)cc2)N1. The van der Waals surface area contributed by atoms with Crippen LogP contribution >= 0.6 is 0 Å². The highest BCUT2D eigenvalue weighted by Gasteiger charge is 2.41. The first-order valence-electron chi connectivity index (χ1n) is 10.5. The molecule has 1 fully saturated rings. The van der Waals surface area contributed by atoms with Crippen LogP contribution in [-0.4, -0.2) is 27.3 Å². The Morgan fingerprint density at radius 2 is 1.68 bits per heavy atom. The van der Waals surface area contributed by atoms with E-state index in [1.807, 2.05) is 58.5 Å². The van der Waals surface area contributed by atoms with Crippen LogP contribution in [0.2, 0.25) is 0 Å². The van der Waals surface area contributed by atoms with E-state index in [-0.39, 0.29) is 28.9 Å². The topological polar surface area (TPSA) is 59.0 Å². The number of rotatable bonds is 3. The molecule has 3 atom stereocenters. The predicted molar refractivity (Wildman–Crippen MR) is 114 cm³/mol. The molecule has 31 heavy (non-hydrogen) atoms. The highest BCUT2D eigenvalue weighted by Crippen LogP contribution is 2.41. The van der Waals surface area contributed by atoms with Crippen molar-refractivity contribution in [1.29, 1.82) is 0 Å². The Morgan fingerprint density at radius 3 is 2.16 bits per heavy atom. The molecule has 2 heterocycles. The largest absolute Gasteiger partial charge is 0.416 e. The fraction of sp³-hybridized carbons (Fsp3) is 0.565. The summed E-state index contributed by atoms with van der Waals surface area (Å²) in [7, 11) is 0. The zero-order valence-corrected chi connectivity index (χ0v) is 18.8. The maximum Gasteiger partial charge on any atom is 0.416 e. The van der Waals surface area contributed by atoms with E-state index in [4.69, 9.17) is 5.10 Å². The van der Waals surface area contributed by atoms with Gasteiger partial charge in [0.2, 0.25) is 5.91 Å². The standard InChI is InChI=1S/C23H31F3N4O/c1-21(2,3)28-20(31)18-13-16(17-11-12-30(29-17)22(4,5)6)19(27-18)14-7-9-15(10-8-14)23(24,25)26/h7-12,16,18-19,27H,13H2,1-6H3,(H,28,31)/t16-,18+,19+/m1/s1. The molecule has 0 saturated carbocycles.